The molecular weight excluding hydrogens is 332 g/mol. The molecule has 72 valence electrons. The van der Waals surface area contributed by atoms with E-state index in [1.807, 2.05) is 0 Å². The largest absolute Gasteiger partial charge is 0.396 e. The van der Waals surface area contributed by atoms with Crippen LogP contribution in [0.25, 0.3) is 11.0 Å². The van der Waals surface area contributed by atoms with Crippen LogP contribution in [0.1, 0.15) is 0 Å². The van der Waals surface area contributed by atoms with Gasteiger partial charge in [0.25, 0.3) is 0 Å². The minimum absolute atomic E-state index is 0.520. The van der Waals surface area contributed by atoms with Crippen LogP contribution in [0, 0.1) is 0 Å². The van der Waals surface area contributed by atoms with E-state index >= 15 is 0 Å². The van der Waals surface area contributed by atoms with E-state index in [0.717, 1.165) is 27.2 Å². The molecule has 0 aliphatic rings. The smallest absolute Gasteiger partial charge is 0.122 e. The Morgan fingerprint density at radius 3 is 2.36 bits per heavy atom. The average molecular weight is 336 g/mol. The van der Waals surface area contributed by atoms with E-state index in [4.69, 9.17) is 5.73 Å². The number of hydrogen-bond donors (Lipinski definition) is 1. The van der Waals surface area contributed by atoms with Crippen molar-refractivity contribution < 1.29 is 0 Å². The molecule has 0 spiro atoms. The van der Waals surface area contributed by atoms with Gasteiger partial charge < -0.3 is 5.73 Å². The van der Waals surface area contributed by atoms with Gasteiger partial charge in [0, 0.05) is 0 Å². The van der Waals surface area contributed by atoms with E-state index in [1.165, 1.54) is 0 Å². The second-order valence-corrected chi connectivity index (χ2v) is 4.62. The first-order chi connectivity index (χ1) is 6.66. The van der Waals surface area contributed by atoms with Crippen LogP contribution in [-0.4, -0.2) is 15.5 Å². The van der Waals surface area contributed by atoms with Crippen molar-refractivity contribution in [3.63, 3.8) is 0 Å². The lowest BCUT2D eigenvalue weighted by Crippen LogP contribution is -1.90. The SMILES string of the molecule is C=Nc1c(N)c(Br)c2nsnc2c1Br. The van der Waals surface area contributed by atoms with Crippen molar-refractivity contribution in [3.8, 4) is 0 Å². The molecule has 0 fully saturated rings. The Morgan fingerprint density at radius 1 is 1.21 bits per heavy atom. The summed E-state index contributed by atoms with van der Waals surface area (Å²) in [6.07, 6.45) is 0. The monoisotopic (exact) mass is 334 g/mol. The van der Waals surface area contributed by atoms with E-state index in [1.54, 1.807) is 0 Å². The molecule has 2 N–H and O–H groups in total. The number of anilines is 1. The van der Waals surface area contributed by atoms with Crippen LogP contribution in [-0.2, 0) is 0 Å². The van der Waals surface area contributed by atoms with Crippen molar-refractivity contribution >= 4 is 72.7 Å². The second kappa shape index (κ2) is 3.56. The zero-order valence-corrected chi connectivity index (χ0v) is 10.8. The summed E-state index contributed by atoms with van der Waals surface area (Å²) in [4.78, 5) is 3.85. The number of halogens is 2. The fourth-order valence-corrected chi connectivity index (χ4v) is 2.97. The van der Waals surface area contributed by atoms with Crippen molar-refractivity contribution in [1.29, 1.82) is 0 Å². The highest BCUT2D eigenvalue weighted by Crippen LogP contribution is 2.42. The fourth-order valence-electron chi connectivity index (χ4n) is 1.09. The van der Waals surface area contributed by atoms with E-state index in [0.29, 0.717) is 15.8 Å². The summed E-state index contributed by atoms with van der Waals surface area (Å²) in [5.74, 6) is 0. The molecule has 0 bridgehead atoms. The van der Waals surface area contributed by atoms with Gasteiger partial charge in [-0.1, -0.05) is 0 Å². The van der Waals surface area contributed by atoms with E-state index < -0.39 is 0 Å². The average Bonchev–Trinajstić information content (AvgIpc) is 2.64. The van der Waals surface area contributed by atoms with Gasteiger partial charge in [-0.3, -0.25) is 4.99 Å². The molecule has 0 saturated carbocycles. The summed E-state index contributed by atoms with van der Waals surface area (Å²) >= 11 is 7.86. The maximum Gasteiger partial charge on any atom is 0.122 e. The first-order valence-corrected chi connectivity index (χ1v) is 5.84. The minimum atomic E-state index is 0.520. The Hall–Kier alpha value is -0.530. The zero-order valence-electron chi connectivity index (χ0n) is 6.79. The standard InChI is InChI=1S/C7H4Br2N4S/c1-11-5-3(9)7-6(12-14-13-7)2(8)4(5)10/h1,10H2. The first-order valence-electron chi connectivity index (χ1n) is 3.52. The zero-order chi connectivity index (χ0) is 10.3. The molecule has 0 aliphatic heterocycles. The van der Waals surface area contributed by atoms with Crippen molar-refractivity contribution in [1.82, 2.24) is 8.75 Å². The third-order valence-electron chi connectivity index (χ3n) is 1.76. The maximum absolute atomic E-state index is 5.85. The Morgan fingerprint density at radius 2 is 1.79 bits per heavy atom. The molecule has 1 aromatic heterocycles. The van der Waals surface area contributed by atoms with Crippen molar-refractivity contribution in [2.24, 2.45) is 4.99 Å². The van der Waals surface area contributed by atoms with Crippen LogP contribution in [0.4, 0.5) is 11.4 Å². The van der Waals surface area contributed by atoms with Crippen molar-refractivity contribution in [2.45, 2.75) is 0 Å². The van der Waals surface area contributed by atoms with Gasteiger partial charge in [-0.2, -0.15) is 8.75 Å². The number of fused-ring (bicyclic) bond motifs is 1. The number of hydrogen-bond acceptors (Lipinski definition) is 5. The Kier molecular flexibility index (Phi) is 2.54. The summed E-state index contributed by atoms with van der Waals surface area (Å²) in [5.41, 5.74) is 8.45. The number of nitrogens with zero attached hydrogens (tertiary/aromatic N) is 3. The van der Waals surface area contributed by atoms with Crippen LogP contribution < -0.4 is 5.73 Å². The molecule has 0 radical (unpaired) electrons. The van der Waals surface area contributed by atoms with Crippen LogP contribution in [0.2, 0.25) is 0 Å². The summed E-state index contributed by atoms with van der Waals surface area (Å²) in [5, 5.41) is 0. The summed E-state index contributed by atoms with van der Waals surface area (Å²) in [6, 6.07) is 0. The Balaban J connectivity index is 3.01. The maximum atomic E-state index is 5.85. The lowest BCUT2D eigenvalue weighted by atomic mass is 10.2. The van der Waals surface area contributed by atoms with Gasteiger partial charge in [-0.15, -0.1) is 0 Å². The molecule has 2 aromatic rings. The Labute approximate surface area is 101 Å². The molecular formula is C7H4Br2N4S. The fraction of sp³-hybridized carbons (Fsp3) is 0. The highest BCUT2D eigenvalue weighted by Gasteiger charge is 2.16. The van der Waals surface area contributed by atoms with Gasteiger partial charge in [0.05, 0.1) is 26.4 Å². The van der Waals surface area contributed by atoms with E-state index in [2.05, 4.69) is 52.3 Å². The quantitative estimate of drug-likeness (QED) is 0.643. The summed E-state index contributed by atoms with van der Waals surface area (Å²) in [7, 11) is 0. The number of nitrogen functional groups attached to an aromatic ring is 1. The third-order valence-corrected chi connectivity index (χ3v) is 3.84. The van der Waals surface area contributed by atoms with Gasteiger partial charge in [-0.05, 0) is 38.6 Å². The number of aromatic nitrogens is 2. The van der Waals surface area contributed by atoms with Crippen LogP contribution in [0.3, 0.4) is 0 Å². The van der Waals surface area contributed by atoms with Gasteiger partial charge in [0.1, 0.15) is 16.7 Å². The molecule has 7 heteroatoms. The molecule has 0 unspecified atom stereocenters. The number of nitrogens with two attached hydrogens (primary N) is 1. The lowest BCUT2D eigenvalue weighted by Gasteiger charge is -2.05. The number of aliphatic imine (C=N–C) groups is 1. The van der Waals surface area contributed by atoms with E-state index in [-0.39, 0.29) is 0 Å². The molecule has 1 heterocycles. The number of benzene rings is 1. The van der Waals surface area contributed by atoms with Gasteiger partial charge in [-0.25, -0.2) is 0 Å². The molecule has 2 rings (SSSR count). The topological polar surface area (TPSA) is 64.2 Å². The summed E-state index contributed by atoms with van der Waals surface area (Å²) in [6.45, 7) is 3.46. The van der Waals surface area contributed by atoms with Crippen molar-refractivity contribution in [2.75, 3.05) is 5.73 Å². The molecule has 0 saturated heterocycles. The molecule has 14 heavy (non-hydrogen) atoms. The van der Waals surface area contributed by atoms with Crippen LogP contribution in [0.15, 0.2) is 13.9 Å². The highest BCUT2D eigenvalue weighted by atomic mass is 79.9. The van der Waals surface area contributed by atoms with E-state index in [9.17, 15) is 0 Å². The minimum Gasteiger partial charge on any atom is -0.396 e. The third kappa shape index (κ3) is 1.27. The molecule has 0 aliphatic carbocycles. The highest BCUT2D eigenvalue weighted by molar-refractivity contribution is 9.11. The van der Waals surface area contributed by atoms with Gasteiger partial charge in [0.15, 0.2) is 0 Å². The predicted molar refractivity (Wildman–Crippen MR) is 66.4 cm³/mol. The van der Waals surface area contributed by atoms with Gasteiger partial charge >= 0.3 is 0 Å². The van der Waals surface area contributed by atoms with Crippen LogP contribution >= 0.6 is 43.6 Å². The lowest BCUT2D eigenvalue weighted by molar-refractivity contribution is 1.50. The Bertz CT molecular complexity index is 522. The molecule has 4 nitrogen and oxygen atoms in total. The van der Waals surface area contributed by atoms with Crippen molar-refractivity contribution in [3.05, 3.63) is 8.95 Å². The second-order valence-electron chi connectivity index (χ2n) is 2.51. The molecule has 0 atom stereocenters. The van der Waals surface area contributed by atoms with Crippen LogP contribution in [0.5, 0.6) is 0 Å². The summed E-state index contributed by atoms with van der Waals surface area (Å²) < 4.78 is 9.71. The first kappa shape index (κ1) is 10.0. The van der Waals surface area contributed by atoms with Gasteiger partial charge in [0.2, 0.25) is 0 Å². The normalized spacial score (nSPS) is 10.7. The molecule has 0 amide bonds. The number of rotatable bonds is 1. The predicted octanol–water partition coefficient (Wildman–Crippen LogP) is 3.13. The molecule has 1 aromatic carbocycles.